The van der Waals surface area contributed by atoms with Crippen molar-refractivity contribution in [3.8, 4) is 5.69 Å². The van der Waals surface area contributed by atoms with Gasteiger partial charge >= 0.3 is 5.97 Å². The van der Waals surface area contributed by atoms with Gasteiger partial charge in [-0.3, -0.25) is 10.1 Å². The Bertz CT molecular complexity index is 754. The second-order valence-electron chi connectivity index (χ2n) is 4.68. The van der Waals surface area contributed by atoms with E-state index in [9.17, 15) is 19.3 Å². The molecule has 1 aliphatic carbocycles. The van der Waals surface area contributed by atoms with Gasteiger partial charge in [0.15, 0.2) is 17.2 Å². The molecule has 2 aromatic rings. The number of aromatic carboxylic acids is 1. The average Bonchev–Trinajstić information content (AvgIpc) is 3.17. The van der Waals surface area contributed by atoms with Crippen molar-refractivity contribution < 1.29 is 19.2 Å². The number of rotatable bonds is 4. The van der Waals surface area contributed by atoms with E-state index >= 15 is 0 Å². The highest BCUT2D eigenvalue weighted by Gasteiger charge is 2.36. The molecule has 0 bridgehead atoms. The zero-order chi connectivity index (χ0) is 15.1. The molecule has 0 radical (unpaired) electrons. The molecule has 1 aliphatic rings. The van der Waals surface area contributed by atoms with Crippen LogP contribution < -0.4 is 0 Å². The third kappa shape index (κ3) is 2.12. The summed E-state index contributed by atoms with van der Waals surface area (Å²) < 4.78 is 15.0. The van der Waals surface area contributed by atoms with E-state index in [0.717, 1.165) is 29.7 Å². The van der Waals surface area contributed by atoms with Crippen LogP contribution in [0.4, 0.5) is 10.1 Å². The van der Waals surface area contributed by atoms with Gasteiger partial charge in [0.2, 0.25) is 0 Å². The van der Waals surface area contributed by atoms with Crippen molar-refractivity contribution in [3.63, 3.8) is 0 Å². The third-order valence-corrected chi connectivity index (χ3v) is 3.25. The maximum atomic E-state index is 14.0. The molecule has 0 aliphatic heterocycles. The Hall–Kier alpha value is -2.84. The molecule has 9 heteroatoms. The lowest BCUT2D eigenvalue weighted by Gasteiger charge is -2.07. The van der Waals surface area contributed by atoms with Gasteiger partial charge in [0, 0.05) is 12.0 Å². The molecular weight excluding hydrogens is 283 g/mol. The first-order valence-corrected chi connectivity index (χ1v) is 6.13. The minimum atomic E-state index is -1.29. The summed E-state index contributed by atoms with van der Waals surface area (Å²) in [5, 5.41) is 27.3. The molecule has 1 aromatic heterocycles. The number of hydrogen-bond donors (Lipinski definition) is 1. The van der Waals surface area contributed by atoms with Gasteiger partial charge in [-0.2, -0.15) is 0 Å². The number of nitro groups is 1. The molecule has 1 saturated carbocycles. The quantitative estimate of drug-likeness (QED) is 0.680. The lowest BCUT2D eigenvalue weighted by atomic mass is 10.2. The van der Waals surface area contributed by atoms with Gasteiger partial charge < -0.3 is 5.11 Å². The van der Waals surface area contributed by atoms with Crippen LogP contribution in [0.15, 0.2) is 18.2 Å². The van der Waals surface area contributed by atoms with E-state index in [1.165, 1.54) is 6.07 Å². The van der Waals surface area contributed by atoms with Crippen molar-refractivity contribution in [1.82, 2.24) is 15.0 Å². The molecule has 108 valence electrons. The number of benzene rings is 1. The predicted octanol–water partition coefficient (Wildman–Crippen LogP) is 1.89. The van der Waals surface area contributed by atoms with Crippen LogP contribution in [-0.2, 0) is 0 Å². The summed E-state index contributed by atoms with van der Waals surface area (Å²) in [6.07, 6.45) is 1.44. The number of carbonyl (C=O) groups is 1. The van der Waals surface area contributed by atoms with E-state index in [0.29, 0.717) is 0 Å². The third-order valence-electron chi connectivity index (χ3n) is 3.25. The van der Waals surface area contributed by atoms with Gasteiger partial charge in [-0.1, -0.05) is 11.3 Å². The van der Waals surface area contributed by atoms with E-state index in [1.807, 2.05) is 0 Å². The monoisotopic (exact) mass is 292 g/mol. The molecular formula is C12H9FN4O4. The lowest BCUT2D eigenvalue weighted by molar-refractivity contribution is -0.384. The van der Waals surface area contributed by atoms with Crippen LogP contribution in [-0.4, -0.2) is 31.0 Å². The van der Waals surface area contributed by atoms with Crippen molar-refractivity contribution in [3.05, 3.63) is 45.5 Å². The smallest absolute Gasteiger partial charge is 0.358 e. The van der Waals surface area contributed by atoms with Crippen LogP contribution >= 0.6 is 0 Å². The minimum Gasteiger partial charge on any atom is -0.476 e. The van der Waals surface area contributed by atoms with Gasteiger partial charge in [0.1, 0.15) is 0 Å². The maximum absolute atomic E-state index is 14.0. The number of carboxylic acid groups (broad SMARTS) is 1. The molecule has 0 amide bonds. The zero-order valence-electron chi connectivity index (χ0n) is 10.6. The first kappa shape index (κ1) is 13.2. The fraction of sp³-hybridized carbons (Fsp3) is 0.250. The Morgan fingerprint density at radius 3 is 2.76 bits per heavy atom. The largest absolute Gasteiger partial charge is 0.476 e. The lowest BCUT2D eigenvalue weighted by Crippen LogP contribution is -2.09. The molecule has 21 heavy (non-hydrogen) atoms. The molecule has 0 unspecified atom stereocenters. The Labute approximate surface area is 117 Å². The van der Waals surface area contributed by atoms with Gasteiger partial charge in [0.25, 0.3) is 5.69 Å². The van der Waals surface area contributed by atoms with Crippen LogP contribution in [0.5, 0.6) is 0 Å². The number of hydrogen-bond acceptors (Lipinski definition) is 5. The van der Waals surface area contributed by atoms with Gasteiger partial charge in [-0.25, -0.2) is 13.9 Å². The topological polar surface area (TPSA) is 111 Å². The van der Waals surface area contributed by atoms with Gasteiger partial charge in [0.05, 0.1) is 10.6 Å². The molecule has 1 N–H and O–H groups in total. The Morgan fingerprint density at radius 1 is 1.48 bits per heavy atom. The van der Waals surface area contributed by atoms with Gasteiger partial charge in [-0.05, 0) is 18.9 Å². The molecule has 0 atom stereocenters. The normalized spacial score (nSPS) is 14.1. The van der Waals surface area contributed by atoms with E-state index < -0.39 is 22.4 Å². The molecule has 1 fully saturated rings. The van der Waals surface area contributed by atoms with E-state index in [-0.39, 0.29) is 23.0 Å². The van der Waals surface area contributed by atoms with Crippen molar-refractivity contribution in [1.29, 1.82) is 0 Å². The van der Waals surface area contributed by atoms with Crippen molar-refractivity contribution >= 4 is 11.7 Å². The SMILES string of the molecule is O=C(O)c1nnn(-c2c(F)cccc2[N+](=O)[O-])c1C1CC1. The minimum absolute atomic E-state index is 0.120. The highest BCUT2D eigenvalue weighted by molar-refractivity contribution is 5.87. The van der Waals surface area contributed by atoms with E-state index in [2.05, 4.69) is 10.3 Å². The van der Waals surface area contributed by atoms with E-state index in [1.54, 1.807) is 0 Å². The first-order valence-electron chi connectivity index (χ1n) is 6.13. The number of para-hydroxylation sites is 1. The maximum Gasteiger partial charge on any atom is 0.358 e. The average molecular weight is 292 g/mol. The summed E-state index contributed by atoms with van der Waals surface area (Å²) in [7, 11) is 0. The number of nitro benzene ring substituents is 1. The number of halogens is 1. The van der Waals surface area contributed by atoms with Crippen molar-refractivity contribution in [2.24, 2.45) is 0 Å². The summed E-state index contributed by atoms with van der Waals surface area (Å²) in [4.78, 5) is 21.5. The first-order chi connectivity index (χ1) is 10.0. The number of aromatic nitrogens is 3. The molecule has 0 spiro atoms. The van der Waals surface area contributed by atoms with E-state index in [4.69, 9.17) is 5.11 Å². The Morgan fingerprint density at radius 2 is 2.19 bits per heavy atom. The molecule has 0 saturated heterocycles. The highest BCUT2D eigenvalue weighted by Crippen LogP contribution is 2.43. The summed E-state index contributed by atoms with van der Waals surface area (Å²) >= 11 is 0. The van der Waals surface area contributed by atoms with Crippen LogP contribution in [0.25, 0.3) is 5.69 Å². The second-order valence-corrected chi connectivity index (χ2v) is 4.68. The molecule has 8 nitrogen and oxygen atoms in total. The summed E-state index contributed by atoms with van der Waals surface area (Å²) in [5.41, 5.74) is -0.964. The molecule has 3 rings (SSSR count). The molecule has 1 heterocycles. The summed E-state index contributed by atoms with van der Waals surface area (Å²) in [6.45, 7) is 0. The van der Waals surface area contributed by atoms with Gasteiger partial charge in [-0.15, -0.1) is 5.10 Å². The van der Waals surface area contributed by atoms with Crippen LogP contribution in [0.3, 0.4) is 0 Å². The van der Waals surface area contributed by atoms with Crippen molar-refractivity contribution in [2.75, 3.05) is 0 Å². The Balaban J connectivity index is 2.27. The van der Waals surface area contributed by atoms with Crippen LogP contribution in [0.1, 0.15) is 34.9 Å². The van der Waals surface area contributed by atoms with Crippen LogP contribution in [0, 0.1) is 15.9 Å². The fourth-order valence-corrected chi connectivity index (χ4v) is 2.19. The van der Waals surface area contributed by atoms with Crippen molar-refractivity contribution in [2.45, 2.75) is 18.8 Å². The fourth-order valence-electron chi connectivity index (χ4n) is 2.19. The highest BCUT2D eigenvalue weighted by atomic mass is 19.1. The zero-order valence-corrected chi connectivity index (χ0v) is 10.6. The molecule has 1 aromatic carbocycles. The predicted molar refractivity (Wildman–Crippen MR) is 66.9 cm³/mol. The number of carboxylic acids is 1. The van der Waals surface area contributed by atoms with Crippen LogP contribution in [0.2, 0.25) is 0 Å². The second kappa shape index (κ2) is 4.62. The Kier molecular flexibility index (Phi) is 2.89. The standard InChI is InChI=1S/C12H9FN4O4/c13-7-2-1-3-8(17(20)21)11(7)16-10(6-4-5-6)9(12(18)19)14-15-16/h1-3,6H,4-5H2,(H,18,19). The summed E-state index contributed by atoms with van der Waals surface area (Å²) in [5.74, 6) is -2.26. The number of nitrogens with zero attached hydrogens (tertiary/aromatic N) is 4. The summed E-state index contributed by atoms with van der Waals surface area (Å²) in [6, 6.07) is 3.40.